The summed E-state index contributed by atoms with van der Waals surface area (Å²) in [6, 6.07) is 18.7. The van der Waals surface area contributed by atoms with Gasteiger partial charge in [-0.25, -0.2) is 4.79 Å². The van der Waals surface area contributed by atoms with Crippen molar-refractivity contribution < 1.29 is 23.9 Å². The Bertz CT molecular complexity index is 1360. The molecule has 0 spiro atoms. The first-order chi connectivity index (χ1) is 19.4. The Morgan fingerprint density at radius 2 is 1.75 bits per heavy atom. The molecule has 2 aromatic carbocycles. The van der Waals surface area contributed by atoms with E-state index in [0.717, 1.165) is 16.7 Å². The molecular weight excluding hydrogens is 508 g/mol. The smallest absolute Gasteiger partial charge is 0.410 e. The minimum atomic E-state index is -0.840. The molecule has 0 bridgehead atoms. The third kappa shape index (κ3) is 5.88. The quantitative estimate of drug-likeness (QED) is 0.468. The van der Waals surface area contributed by atoms with Crippen LogP contribution < -0.4 is 10.1 Å². The van der Waals surface area contributed by atoms with Gasteiger partial charge in [0, 0.05) is 18.9 Å². The average Bonchev–Trinajstić information content (AvgIpc) is 3.55. The molecule has 2 fully saturated rings. The van der Waals surface area contributed by atoms with Crippen LogP contribution in [-0.4, -0.2) is 69.7 Å². The fourth-order valence-electron chi connectivity index (χ4n) is 5.54. The Balaban J connectivity index is 1.21. The summed E-state index contributed by atoms with van der Waals surface area (Å²) in [6.07, 6.45) is 4.24. The van der Waals surface area contributed by atoms with Gasteiger partial charge in [0.15, 0.2) is 5.78 Å². The highest BCUT2D eigenvalue weighted by atomic mass is 16.6. The van der Waals surface area contributed by atoms with Crippen LogP contribution in [0.15, 0.2) is 79.1 Å². The van der Waals surface area contributed by atoms with Crippen molar-refractivity contribution in [3.05, 3.63) is 84.7 Å². The average molecular weight is 541 g/mol. The lowest BCUT2D eigenvalue weighted by molar-refractivity contribution is -0.138. The van der Waals surface area contributed by atoms with Crippen LogP contribution in [-0.2, 0) is 20.8 Å². The molecular formula is C31H32N4O5. The monoisotopic (exact) mass is 540 g/mol. The van der Waals surface area contributed by atoms with Crippen molar-refractivity contribution in [3.63, 3.8) is 0 Å². The first-order valence-electron chi connectivity index (χ1n) is 13.6. The van der Waals surface area contributed by atoms with E-state index in [1.165, 1.54) is 4.90 Å². The van der Waals surface area contributed by atoms with Crippen LogP contribution in [0.1, 0.15) is 31.7 Å². The number of hydrogen-bond donors (Lipinski definition) is 1. The molecule has 9 heteroatoms. The van der Waals surface area contributed by atoms with Crippen molar-refractivity contribution in [1.29, 1.82) is 0 Å². The number of fused-ring (bicyclic) bond motifs is 1. The lowest BCUT2D eigenvalue weighted by atomic mass is 10.1. The van der Waals surface area contributed by atoms with Crippen LogP contribution in [0.2, 0.25) is 0 Å². The number of likely N-dealkylation sites (tertiary alicyclic amines) is 2. The lowest BCUT2D eigenvalue weighted by Crippen LogP contribution is -2.53. The fraction of sp³-hybridized carbons (Fsp3) is 0.323. The molecule has 206 valence electrons. The van der Waals surface area contributed by atoms with Crippen molar-refractivity contribution >= 4 is 23.7 Å². The molecule has 3 unspecified atom stereocenters. The first kappa shape index (κ1) is 27.1. The number of rotatable bonds is 8. The van der Waals surface area contributed by atoms with Crippen LogP contribution in [0.25, 0.3) is 11.1 Å². The second-order valence-corrected chi connectivity index (χ2v) is 10.1. The maximum absolute atomic E-state index is 13.6. The lowest BCUT2D eigenvalue weighted by Gasteiger charge is -2.28. The van der Waals surface area contributed by atoms with E-state index < -0.39 is 18.2 Å². The van der Waals surface area contributed by atoms with Crippen molar-refractivity contribution in [2.24, 2.45) is 0 Å². The minimum Gasteiger partial charge on any atom is -0.410 e. The summed E-state index contributed by atoms with van der Waals surface area (Å²) in [5, 5.41) is 2.70. The summed E-state index contributed by atoms with van der Waals surface area (Å²) < 4.78 is 5.46. The van der Waals surface area contributed by atoms with E-state index in [-0.39, 0.29) is 36.6 Å². The van der Waals surface area contributed by atoms with Gasteiger partial charge in [-0.3, -0.25) is 19.4 Å². The number of amides is 3. The van der Waals surface area contributed by atoms with Gasteiger partial charge in [-0.2, -0.15) is 0 Å². The summed E-state index contributed by atoms with van der Waals surface area (Å²) >= 11 is 0. The summed E-state index contributed by atoms with van der Waals surface area (Å²) in [6.45, 7) is 2.24. The SMILES string of the molecule is CCCC(NC(=O)Oc1ccc(-c2ccccc2)cc1)C(=O)N1CCC2C1C(=O)CN2C(=O)Cc1cccnc1. The summed E-state index contributed by atoms with van der Waals surface area (Å²) in [7, 11) is 0. The van der Waals surface area contributed by atoms with Gasteiger partial charge in [0.1, 0.15) is 17.8 Å². The summed E-state index contributed by atoms with van der Waals surface area (Å²) in [4.78, 5) is 59.5. The number of pyridine rings is 1. The third-order valence-corrected chi connectivity index (χ3v) is 7.44. The van der Waals surface area contributed by atoms with Gasteiger partial charge in [-0.1, -0.05) is 61.9 Å². The van der Waals surface area contributed by atoms with Gasteiger partial charge in [-0.05, 0) is 47.7 Å². The highest BCUT2D eigenvalue weighted by Gasteiger charge is 2.52. The fourth-order valence-corrected chi connectivity index (χ4v) is 5.54. The summed E-state index contributed by atoms with van der Waals surface area (Å²) in [5.41, 5.74) is 2.81. The molecule has 9 nitrogen and oxygen atoms in total. The van der Waals surface area contributed by atoms with E-state index in [4.69, 9.17) is 4.74 Å². The Hall–Kier alpha value is -4.53. The normalized spacial score (nSPS) is 18.8. The van der Waals surface area contributed by atoms with Crippen molar-refractivity contribution in [3.8, 4) is 16.9 Å². The topological polar surface area (TPSA) is 109 Å². The van der Waals surface area contributed by atoms with Gasteiger partial charge < -0.3 is 19.9 Å². The highest BCUT2D eigenvalue weighted by Crippen LogP contribution is 2.31. The predicted octanol–water partition coefficient (Wildman–Crippen LogP) is 3.63. The maximum Gasteiger partial charge on any atom is 0.413 e. The second-order valence-electron chi connectivity index (χ2n) is 10.1. The van der Waals surface area contributed by atoms with E-state index in [9.17, 15) is 19.2 Å². The van der Waals surface area contributed by atoms with Crippen molar-refractivity contribution in [1.82, 2.24) is 20.1 Å². The van der Waals surface area contributed by atoms with Gasteiger partial charge >= 0.3 is 6.09 Å². The first-order valence-corrected chi connectivity index (χ1v) is 13.6. The molecule has 3 amide bonds. The molecule has 2 aliphatic heterocycles. The molecule has 40 heavy (non-hydrogen) atoms. The van der Waals surface area contributed by atoms with Crippen LogP contribution in [0, 0.1) is 0 Å². The molecule has 3 atom stereocenters. The zero-order chi connectivity index (χ0) is 28.1. The van der Waals surface area contributed by atoms with Crippen LogP contribution in [0.5, 0.6) is 5.75 Å². The number of nitrogens with one attached hydrogen (secondary N) is 1. The molecule has 5 rings (SSSR count). The largest absolute Gasteiger partial charge is 0.413 e. The van der Waals surface area contributed by atoms with E-state index in [0.29, 0.717) is 31.6 Å². The Labute approximate surface area is 233 Å². The van der Waals surface area contributed by atoms with Crippen LogP contribution >= 0.6 is 0 Å². The van der Waals surface area contributed by atoms with E-state index in [1.807, 2.05) is 55.5 Å². The zero-order valence-corrected chi connectivity index (χ0v) is 22.4. The molecule has 3 heterocycles. The molecule has 0 aliphatic carbocycles. The third-order valence-electron chi connectivity index (χ3n) is 7.44. The van der Waals surface area contributed by atoms with Crippen molar-refractivity contribution in [2.45, 2.75) is 50.7 Å². The predicted molar refractivity (Wildman–Crippen MR) is 148 cm³/mol. The molecule has 1 aromatic heterocycles. The number of Topliss-reactive ketones (excluding diaryl/α,β-unsaturated/α-hetero) is 1. The number of nitrogens with zero attached hydrogens (tertiary/aromatic N) is 3. The van der Waals surface area contributed by atoms with Gasteiger partial charge in [0.25, 0.3) is 0 Å². The van der Waals surface area contributed by atoms with Crippen LogP contribution in [0.4, 0.5) is 4.79 Å². The van der Waals surface area contributed by atoms with Crippen molar-refractivity contribution in [2.75, 3.05) is 13.1 Å². The minimum absolute atomic E-state index is 0.0227. The molecule has 2 saturated heterocycles. The molecule has 1 N–H and O–H groups in total. The number of benzene rings is 2. The number of aromatic nitrogens is 1. The molecule has 3 aromatic rings. The Kier molecular flexibility index (Phi) is 8.19. The number of carbonyl (C=O) groups is 4. The Morgan fingerprint density at radius 1 is 1.00 bits per heavy atom. The zero-order valence-electron chi connectivity index (χ0n) is 22.4. The Morgan fingerprint density at radius 3 is 2.45 bits per heavy atom. The molecule has 2 aliphatic rings. The molecule has 0 saturated carbocycles. The number of ketones is 1. The van der Waals surface area contributed by atoms with E-state index in [2.05, 4.69) is 10.3 Å². The van der Waals surface area contributed by atoms with E-state index in [1.54, 1.807) is 35.5 Å². The second kappa shape index (κ2) is 12.1. The standard InChI is InChI=1S/C31H32N4O5/c1-2-7-25(33-31(39)40-24-13-11-23(12-14-24)22-9-4-3-5-10-22)30(38)34-17-15-26-29(34)27(36)20-35(26)28(37)18-21-8-6-16-32-19-21/h3-6,8-14,16,19,25-26,29H,2,7,15,17-18,20H2,1H3,(H,33,39). The summed E-state index contributed by atoms with van der Waals surface area (Å²) in [5.74, 6) is -0.296. The number of ether oxygens (including phenoxy) is 1. The number of hydrogen-bond acceptors (Lipinski definition) is 6. The van der Waals surface area contributed by atoms with Gasteiger partial charge in [0.05, 0.1) is 19.0 Å². The van der Waals surface area contributed by atoms with E-state index >= 15 is 0 Å². The number of carbonyl (C=O) groups excluding carboxylic acids is 4. The maximum atomic E-state index is 13.6. The van der Waals surface area contributed by atoms with Gasteiger partial charge in [0.2, 0.25) is 11.8 Å². The van der Waals surface area contributed by atoms with Crippen LogP contribution in [0.3, 0.4) is 0 Å². The van der Waals surface area contributed by atoms with Gasteiger partial charge in [-0.15, -0.1) is 0 Å². The molecule has 0 radical (unpaired) electrons. The highest BCUT2D eigenvalue weighted by molar-refractivity contribution is 5.99.